The molecule has 3 nitrogen and oxygen atoms in total. The maximum absolute atomic E-state index is 13.8. The summed E-state index contributed by atoms with van der Waals surface area (Å²) in [5.41, 5.74) is 1.60. The van der Waals surface area contributed by atoms with Crippen LogP contribution < -0.4 is 0 Å². The highest BCUT2D eigenvalue weighted by Gasteiger charge is 2.27. The van der Waals surface area contributed by atoms with Gasteiger partial charge in [-0.25, -0.2) is 9.37 Å². The molecular weight excluding hydrogens is 357 g/mol. The van der Waals surface area contributed by atoms with E-state index in [1.54, 1.807) is 6.07 Å². The van der Waals surface area contributed by atoms with Gasteiger partial charge in [0.1, 0.15) is 11.6 Å². The second kappa shape index (κ2) is 6.23. The maximum atomic E-state index is 13.8. The lowest BCUT2D eigenvalue weighted by Crippen LogP contribution is -2.29. The second-order valence-corrected chi connectivity index (χ2v) is 6.55. The molecule has 1 aromatic carbocycles. The van der Waals surface area contributed by atoms with Gasteiger partial charge >= 0.3 is 0 Å². The first kappa shape index (κ1) is 15.3. The van der Waals surface area contributed by atoms with Gasteiger partial charge in [0, 0.05) is 25.2 Å². The molecule has 1 aromatic heterocycles. The number of fused-ring (bicyclic) bond motifs is 1. The first-order valence-electron chi connectivity index (χ1n) is 7.28. The zero-order chi connectivity index (χ0) is 15.0. The van der Waals surface area contributed by atoms with Crippen molar-refractivity contribution < 1.29 is 4.39 Å². The van der Waals surface area contributed by atoms with E-state index in [0.717, 1.165) is 42.5 Å². The molecule has 0 radical (unpaired) electrons. The number of likely N-dealkylation sites (N-methyl/N-ethyl adjacent to an activating group) is 1. The molecule has 0 bridgehead atoms. The number of hydrogen-bond donors (Lipinski definition) is 0. The van der Waals surface area contributed by atoms with Crippen LogP contribution in [0.4, 0.5) is 4.39 Å². The number of imidazole rings is 1. The molecule has 0 spiro atoms. The van der Waals surface area contributed by atoms with E-state index in [1.165, 1.54) is 18.9 Å². The minimum atomic E-state index is -0.265. The smallest absolute Gasteiger partial charge is 0.139 e. The van der Waals surface area contributed by atoms with E-state index in [0.29, 0.717) is 10.4 Å². The van der Waals surface area contributed by atoms with Gasteiger partial charge in [0.05, 0.1) is 21.4 Å². The largest absolute Gasteiger partial charge is 0.326 e. The maximum Gasteiger partial charge on any atom is 0.139 e. The van der Waals surface area contributed by atoms with Crippen LogP contribution in [0.5, 0.6) is 0 Å². The van der Waals surface area contributed by atoms with Crippen molar-refractivity contribution in [2.75, 3.05) is 13.1 Å². The lowest BCUT2D eigenvalue weighted by molar-refractivity contribution is 0.266. The van der Waals surface area contributed by atoms with Gasteiger partial charge in [-0.15, -0.1) is 11.6 Å². The van der Waals surface area contributed by atoms with Crippen molar-refractivity contribution >= 4 is 38.6 Å². The van der Waals surface area contributed by atoms with E-state index in [9.17, 15) is 4.39 Å². The molecule has 2 aromatic rings. The van der Waals surface area contributed by atoms with E-state index in [4.69, 9.17) is 11.6 Å². The fraction of sp³-hybridized carbons (Fsp3) is 0.533. The number of hydrogen-bond acceptors (Lipinski definition) is 2. The fourth-order valence-corrected chi connectivity index (χ4v) is 3.32. The standard InChI is InChI=1S/C15H18BrClFN3/c1-2-20(10-3-4-10)5-6-21-14-8-12(18)11(16)7-13(14)19-15(21)9-17/h7-8,10H,2-6,9H2,1H3. The van der Waals surface area contributed by atoms with Crippen LogP contribution in [0, 0.1) is 5.82 Å². The Hall–Kier alpha value is -0.650. The third-order valence-corrected chi connectivity index (χ3v) is 4.92. The summed E-state index contributed by atoms with van der Waals surface area (Å²) in [6.45, 7) is 4.98. The van der Waals surface area contributed by atoms with Gasteiger partial charge in [0.15, 0.2) is 0 Å². The Balaban J connectivity index is 1.90. The molecule has 1 aliphatic rings. The van der Waals surface area contributed by atoms with Crippen molar-refractivity contribution in [3.05, 3.63) is 28.2 Å². The first-order chi connectivity index (χ1) is 10.1. The number of benzene rings is 1. The van der Waals surface area contributed by atoms with Crippen LogP contribution in [0.15, 0.2) is 16.6 Å². The van der Waals surface area contributed by atoms with Crippen LogP contribution in [-0.4, -0.2) is 33.6 Å². The predicted octanol–water partition coefficient (Wildman–Crippen LogP) is 4.16. The monoisotopic (exact) mass is 373 g/mol. The van der Waals surface area contributed by atoms with Crippen LogP contribution in [0.2, 0.25) is 0 Å². The Morgan fingerprint density at radius 1 is 1.48 bits per heavy atom. The highest BCUT2D eigenvalue weighted by molar-refractivity contribution is 9.10. The van der Waals surface area contributed by atoms with Crippen LogP contribution in [0.25, 0.3) is 11.0 Å². The summed E-state index contributed by atoms with van der Waals surface area (Å²) in [5, 5.41) is 0. The average Bonchev–Trinajstić information content (AvgIpc) is 3.25. The van der Waals surface area contributed by atoms with Gasteiger partial charge in [-0.3, -0.25) is 4.90 Å². The van der Waals surface area contributed by atoms with Crippen molar-refractivity contribution in [1.29, 1.82) is 0 Å². The Labute approximate surface area is 137 Å². The molecule has 1 fully saturated rings. The fourth-order valence-electron chi connectivity index (χ4n) is 2.79. The molecule has 1 aliphatic carbocycles. The van der Waals surface area contributed by atoms with Crippen molar-refractivity contribution in [3.63, 3.8) is 0 Å². The van der Waals surface area contributed by atoms with Gasteiger partial charge in [-0.05, 0) is 41.4 Å². The number of alkyl halides is 1. The summed E-state index contributed by atoms with van der Waals surface area (Å²) >= 11 is 9.21. The van der Waals surface area contributed by atoms with E-state index in [-0.39, 0.29) is 5.82 Å². The minimum absolute atomic E-state index is 0.265. The van der Waals surface area contributed by atoms with Crippen molar-refractivity contribution in [2.24, 2.45) is 0 Å². The van der Waals surface area contributed by atoms with Gasteiger partial charge in [-0.1, -0.05) is 6.92 Å². The summed E-state index contributed by atoms with van der Waals surface area (Å²) in [6.07, 6.45) is 2.59. The minimum Gasteiger partial charge on any atom is -0.326 e. The van der Waals surface area contributed by atoms with Gasteiger partial charge < -0.3 is 4.57 Å². The third-order valence-electron chi connectivity index (χ3n) is 4.07. The van der Waals surface area contributed by atoms with Gasteiger partial charge in [0.25, 0.3) is 0 Å². The first-order valence-corrected chi connectivity index (χ1v) is 8.61. The Bertz CT molecular complexity index is 654. The lowest BCUT2D eigenvalue weighted by Gasteiger charge is -2.20. The summed E-state index contributed by atoms with van der Waals surface area (Å²) in [7, 11) is 0. The van der Waals surface area contributed by atoms with E-state index in [1.807, 2.05) is 4.57 Å². The van der Waals surface area contributed by atoms with Crippen molar-refractivity contribution in [3.8, 4) is 0 Å². The van der Waals surface area contributed by atoms with Gasteiger partial charge in [-0.2, -0.15) is 0 Å². The average molecular weight is 375 g/mol. The highest BCUT2D eigenvalue weighted by atomic mass is 79.9. The number of halogens is 3. The van der Waals surface area contributed by atoms with Crippen LogP contribution in [-0.2, 0) is 12.4 Å². The molecular formula is C15H18BrClFN3. The molecule has 0 atom stereocenters. The van der Waals surface area contributed by atoms with E-state index in [2.05, 4.69) is 32.7 Å². The topological polar surface area (TPSA) is 21.1 Å². The molecule has 21 heavy (non-hydrogen) atoms. The third kappa shape index (κ3) is 3.10. The predicted molar refractivity (Wildman–Crippen MR) is 87.2 cm³/mol. The molecule has 0 unspecified atom stereocenters. The summed E-state index contributed by atoms with van der Waals surface area (Å²) in [4.78, 5) is 6.98. The Kier molecular flexibility index (Phi) is 4.52. The zero-order valence-corrected chi connectivity index (χ0v) is 14.3. The molecule has 6 heteroatoms. The van der Waals surface area contributed by atoms with Gasteiger partial charge in [0.2, 0.25) is 0 Å². The summed E-state index contributed by atoms with van der Waals surface area (Å²) < 4.78 is 16.3. The summed E-state index contributed by atoms with van der Waals surface area (Å²) in [6, 6.07) is 3.99. The number of nitrogens with zero attached hydrogens (tertiary/aromatic N) is 3. The van der Waals surface area contributed by atoms with Crippen molar-refractivity contribution in [1.82, 2.24) is 14.5 Å². The normalized spacial score (nSPS) is 15.3. The lowest BCUT2D eigenvalue weighted by atomic mass is 10.3. The molecule has 1 saturated carbocycles. The van der Waals surface area contributed by atoms with E-state index >= 15 is 0 Å². The van der Waals surface area contributed by atoms with Crippen molar-refractivity contribution in [2.45, 2.75) is 38.2 Å². The molecule has 1 heterocycles. The summed E-state index contributed by atoms with van der Waals surface area (Å²) in [5.74, 6) is 0.874. The number of rotatable bonds is 6. The van der Waals surface area contributed by atoms with Crippen LogP contribution in [0.3, 0.4) is 0 Å². The van der Waals surface area contributed by atoms with E-state index < -0.39 is 0 Å². The zero-order valence-electron chi connectivity index (χ0n) is 12.0. The molecule has 0 amide bonds. The highest BCUT2D eigenvalue weighted by Crippen LogP contribution is 2.28. The van der Waals surface area contributed by atoms with Crippen LogP contribution in [0.1, 0.15) is 25.6 Å². The SMILES string of the molecule is CCN(CCn1c(CCl)nc2cc(Br)c(F)cc21)C1CC1. The molecule has 0 saturated heterocycles. The quantitative estimate of drug-likeness (QED) is 0.708. The molecule has 114 valence electrons. The molecule has 3 rings (SSSR count). The number of aromatic nitrogens is 2. The van der Waals surface area contributed by atoms with Crippen LogP contribution >= 0.6 is 27.5 Å². The molecule has 0 aliphatic heterocycles. The Morgan fingerprint density at radius 2 is 2.24 bits per heavy atom. The second-order valence-electron chi connectivity index (χ2n) is 5.43. The Morgan fingerprint density at radius 3 is 2.86 bits per heavy atom. The molecule has 0 N–H and O–H groups in total.